The van der Waals surface area contributed by atoms with Crippen molar-refractivity contribution < 1.29 is 0 Å². The van der Waals surface area contributed by atoms with Gasteiger partial charge in [0.15, 0.2) is 0 Å². The summed E-state index contributed by atoms with van der Waals surface area (Å²) in [6, 6.07) is 0. The van der Waals surface area contributed by atoms with E-state index in [0.29, 0.717) is 4.08 Å². The topological polar surface area (TPSA) is 0 Å². The molecule has 1 saturated heterocycles. The van der Waals surface area contributed by atoms with E-state index in [1.807, 2.05) is 39.4 Å². The second-order valence-corrected chi connectivity index (χ2v) is 6.66. The fraction of sp³-hybridized carbons (Fsp3) is 0.667. The molecular formula is C6H10S3. The van der Waals surface area contributed by atoms with E-state index in [2.05, 4.69) is 13.5 Å². The zero-order valence-corrected chi connectivity index (χ0v) is 7.87. The maximum Gasteiger partial charge on any atom is 0.0777 e. The van der Waals surface area contributed by atoms with Crippen LogP contribution in [-0.4, -0.2) is 15.6 Å². The average Bonchev–Trinajstić information content (AvgIpc) is 2.50. The van der Waals surface area contributed by atoms with E-state index >= 15 is 0 Å². The highest BCUT2D eigenvalue weighted by molar-refractivity contribution is 8.79. The van der Waals surface area contributed by atoms with Crippen LogP contribution in [0.3, 0.4) is 0 Å². The summed E-state index contributed by atoms with van der Waals surface area (Å²) < 4.78 is 0.549. The van der Waals surface area contributed by atoms with Crippen LogP contribution in [0.4, 0.5) is 0 Å². The number of hydrogen-bond acceptors (Lipinski definition) is 3. The van der Waals surface area contributed by atoms with Gasteiger partial charge in [-0.15, -0.1) is 18.3 Å². The Morgan fingerprint density at radius 1 is 1.89 bits per heavy atom. The Balaban J connectivity index is 1.98. The highest BCUT2D eigenvalue weighted by Gasteiger charge is 2.39. The first-order valence-electron chi connectivity index (χ1n) is 2.82. The van der Waals surface area contributed by atoms with Gasteiger partial charge >= 0.3 is 0 Å². The van der Waals surface area contributed by atoms with E-state index in [1.54, 1.807) is 0 Å². The summed E-state index contributed by atoms with van der Waals surface area (Å²) in [6.07, 6.45) is 1.95. The van der Waals surface area contributed by atoms with Crippen LogP contribution in [0.2, 0.25) is 0 Å². The molecule has 1 aliphatic rings. The van der Waals surface area contributed by atoms with Crippen molar-refractivity contribution in [1.82, 2.24) is 0 Å². The molecule has 0 amide bonds. The minimum Gasteiger partial charge on any atom is -0.140 e. The Kier molecular flexibility index (Phi) is 2.86. The van der Waals surface area contributed by atoms with Crippen LogP contribution in [0, 0.1) is 0 Å². The summed E-state index contributed by atoms with van der Waals surface area (Å²) in [4.78, 5) is 0. The maximum absolute atomic E-state index is 3.66. The lowest BCUT2D eigenvalue weighted by Crippen LogP contribution is -1.89. The molecule has 0 saturated carbocycles. The lowest BCUT2D eigenvalue weighted by Gasteiger charge is -2.01. The van der Waals surface area contributed by atoms with Gasteiger partial charge in [-0.2, -0.15) is 0 Å². The summed E-state index contributed by atoms with van der Waals surface area (Å²) in [7, 11) is 3.88. The third kappa shape index (κ3) is 2.92. The monoisotopic (exact) mass is 178 g/mol. The molecule has 0 aromatic rings. The van der Waals surface area contributed by atoms with Crippen molar-refractivity contribution in [2.75, 3.05) is 11.5 Å². The lowest BCUT2D eigenvalue weighted by atomic mass is 10.6. The Hall–Kier alpha value is 0.790. The Morgan fingerprint density at radius 3 is 3.00 bits per heavy atom. The molecule has 1 unspecified atom stereocenters. The smallest absolute Gasteiger partial charge is 0.0777 e. The molecule has 52 valence electrons. The molecule has 1 heterocycles. The molecular weight excluding hydrogens is 168 g/mol. The maximum atomic E-state index is 3.66. The molecule has 0 N–H and O–H groups in total. The summed E-state index contributed by atoms with van der Waals surface area (Å²) in [6.45, 7) is 5.95. The van der Waals surface area contributed by atoms with Gasteiger partial charge in [0, 0.05) is 11.5 Å². The highest BCUT2D eigenvalue weighted by atomic mass is 33.1. The Bertz CT molecular complexity index is 107. The summed E-state index contributed by atoms with van der Waals surface area (Å²) in [5, 5.41) is 0. The zero-order chi connectivity index (χ0) is 6.74. The van der Waals surface area contributed by atoms with Gasteiger partial charge in [-0.1, -0.05) is 27.7 Å². The minimum absolute atomic E-state index is 0.549. The standard InChI is InChI=1S/C6H10S3/c1-3-4-8-9-6(2)5-7-6/h3H,1,4-5H2,2H3. The van der Waals surface area contributed by atoms with E-state index in [4.69, 9.17) is 0 Å². The molecule has 0 aliphatic carbocycles. The van der Waals surface area contributed by atoms with Crippen molar-refractivity contribution in [3.63, 3.8) is 0 Å². The summed E-state index contributed by atoms with van der Waals surface area (Å²) >= 11 is 2.03. The van der Waals surface area contributed by atoms with Crippen molar-refractivity contribution in [1.29, 1.82) is 0 Å². The first-order valence-corrected chi connectivity index (χ1v) is 6.13. The molecule has 1 fully saturated rings. The van der Waals surface area contributed by atoms with Crippen LogP contribution < -0.4 is 0 Å². The van der Waals surface area contributed by atoms with Crippen molar-refractivity contribution in [2.24, 2.45) is 0 Å². The zero-order valence-electron chi connectivity index (χ0n) is 5.42. The second kappa shape index (κ2) is 3.26. The molecule has 0 bridgehead atoms. The van der Waals surface area contributed by atoms with Crippen LogP contribution >= 0.6 is 33.3 Å². The summed E-state index contributed by atoms with van der Waals surface area (Å²) in [5.74, 6) is 2.39. The van der Waals surface area contributed by atoms with E-state index in [-0.39, 0.29) is 0 Å². The van der Waals surface area contributed by atoms with E-state index in [9.17, 15) is 0 Å². The first kappa shape index (κ1) is 7.89. The molecule has 9 heavy (non-hydrogen) atoms. The van der Waals surface area contributed by atoms with Crippen LogP contribution in [-0.2, 0) is 0 Å². The Labute approximate surface area is 68.6 Å². The van der Waals surface area contributed by atoms with E-state index in [0.717, 1.165) is 5.75 Å². The van der Waals surface area contributed by atoms with Crippen molar-refractivity contribution in [2.45, 2.75) is 11.0 Å². The predicted octanol–water partition coefficient (Wildman–Crippen LogP) is 3.02. The van der Waals surface area contributed by atoms with Crippen molar-refractivity contribution >= 4 is 33.3 Å². The van der Waals surface area contributed by atoms with Crippen LogP contribution in [0.15, 0.2) is 12.7 Å². The molecule has 0 aromatic heterocycles. The van der Waals surface area contributed by atoms with Gasteiger partial charge in [-0.25, -0.2) is 0 Å². The van der Waals surface area contributed by atoms with Crippen LogP contribution in [0.5, 0.6) is 0 Å². The largest absolute Gasteiger partial charge is 0.140 e. The van der Waals surface area contributed by atoms with Gasteiger partial charge in [-0.05, 0) is 6.92 Å². The quantitative estimate of drug-likeness (QED) is 0.281. The normalized spacial score (nSPS) is 32.1. The first-order chi connectivity index (χ1) is 4.27. The molecule has 0 aromatic carbocycles. The number of hydrogen-bond donors (Lipinski definition) is 0. The minimum atomic E-state index is 0.549. The third-order valence-corrected chi connectivity index (χ3v) is 6.05. The third-order valence-electron chi connectivity index (χ3n) is 0.972. The molecule has 0 nitrogen and oxygen atoms in total. The fourth-order valence-electron chi connectivity index (χ4n) is 0.357. The average molecular weight is 178 g/mol. The van der Waals surface area contributed by atoms with Gasteiger partial charge in [-0.3, -0.25) is 0 Å². The Morgan fingerprint density at radius 2 is 2.56 bits per heavy atom. The SMILES string of the molecule is C=CCSSC1(C)CS1. The predicted molar refractivity (Wildman–Crippen MR) is 51.1 cm³/mol. The van der Waals surface area contributed by atoms with Gasteiger partial charge in [0.05, 0.1) is 4.08 Å². The number of rotatable bonds is 4. The second-order valence-electron chi connectivity index (χ2n) is 2.08. The fourth-order valence-corrected chi connectivity index (χ4v) is 4.07. The molecule has 1 atom stereocenters. The molecule has 3 heteroatoms. The highest BCUT2D eigenvalue weighted by Crippen LogP contribution is 2.57. The molecule has 1 rings (SSSR count). The lowest BCUT2D eigenvalue weighted by molar-refractivity contribution is 1.17. The summed E-state index contributed by atoms with van der Waals surface area (Å²) in [5.41, 5.74) is 0. The number of thioether (sulfide) groups is 1. The van der Waals surface area contributed by atoms with E-state index in [1.165, 1.54) is 5.75 Å². The van der Waals surface area contributed by atoms with Crippen molar-refractivity contribution in [3.05, 3.63) is 12.7 Å². The molecule has 0 spiro atoms. The van der Waals surface area contributed by atoms with Gasteiger partial charge in [0.1, 0.15) is 0 Å². The van der Waals surface area contributed by atoms with Gasteiger partial charge in [0.25, 0.3) is 0 Å². The van der Waals surface area contributed by atoms with Crippen LogP contribution in [0.25, 0.3) is 0 Å². The van der Waals surface area contributed by atoms with Gasteiger partial charge < -0.3 is 0 Å². The molecule has 1 aliphatic heterocycles. The van der Waals surface area contributed by atoms with Crippen molar-refractivity contribution in [3.8, 4) is 0 Å². The van der Waals surface area contributed by atoms with Gasteiger partial charge in [0.2, 0.25) is 0 Å². The van der Waals surface area contributed by atoms with Crippen LogP contribution in [0.1, 0.15) is 6.92 Å². The van der Waals surface area contributed by atoms with E-state index < -0.39 is 0 Å². The molecule has 0 radical (unpaired) electrons.